The summed E-state index contributed by atoms with van der Waals surface area (Å²) in [5.74, 6) is 0.110. The Hall–Kier alpha value is -1.03. The van der Waals surface area contributed by atoms with Crippen LogP contribution in [-0.4, -0.2) is 17.0 Å². The van der Waals surface area contributed by atoms with Gasteiger partial charge in [0.15, 0.2) is 0 Å². The third-order valence-corrected chi connectivity index (χ3v) is 4.48. The topological polar surface area (TPSA) is 20.2 Å². The molecule has 0 aliphatic carbocycles. The molecule has 1 nitrogen and oxygen atoms in total. The fourth-order valence-corrected chi connectivity index (χ4v) is 3.07. The summed E-state index contributed by atoms with van der Waals surface area (Å²) < 4.78 is 13.3. The van der Waals surface area contributed by atoms with Gasteiger partial charge in [-0.3, -0.25) is 0 Å². The molecule has 2 aromatic rings. The van der Waals surface area contributed by atoms with Crippen LogP contribution < -0.4 is 0 Å². The standard InChI is InChI=1S/C16H16ClFOS/c1-11-4-2-6-14(8-11)20-10-13(19)9-12-5-3-7-15(18)16(12)17/h2-8,13,19H,9-10H2,1H3. The summed E-state index contributed by atoms with van der Waals surface area (Å²) in [5.41, 5.74) is 1.83. The number of halogens is 2. The van der Waals surface area contributed by atoms with Gasteiger partial charge < -0.3 is 5.11 Å². The van der Waals surface area contributed by atoms with E-state index < -0.39 is 11.9 Å². The summed E-state index contributed by atoms with van der Waals surface area (Å²) in [5, 5.41) is 10.2. The number of rotatable bonds is 5. The van der Waals surface area contributed by atoms with Crippen LogP contribution in [0.4, 0.5) is 4.39 Å². The van der Waals surface area contributed by atoms with Crippen molar-refractivity contribution in [2.24, 2.45) is 0 Å². The normalized spacial score (nSPS) is 12.4. The fourth-order valence-electron chi connectivity index (χ4n) is 1.92. The van der Waals surface area contributed by atoms with Crippen molar-refractivity contribution in [1.29, 1.82) is 0 Å². The number of benzene rings is 2. The van der Waals surface area contributed by atoms with Crippen molar-refractivity contribution in [2.45, 2.75) is 24.3 Å². The maximum atomic E-state index is 13.3. The van der Waals surface area contributed by atoms with Crippen LogP contribution in [-0.2, 0) is 6.42 Å². The van der Waals surface area contributed by atoms with Crippen molar-refractivity contribution in [1.82, 2.24) is 0 Å². The smallest absolute Gasteiger partial charge is 0.142 e. The highest BCUT2D eigenvalue weighted by Gasteiger charge is 2.11. The predicted molar refractivity (Wildman–Crippen MR) is 83.0 cm³/mol. The van der Waals surface area contributed by atoms with Crippen molar-refractivity contribution < 1.29 is 9.50 Å². The zero-order chi connectivity index (χ0) is 14.5. The zero-order valence-corrected chi connectivity index (χ0v) is 12.7. The largest absolute Gasteiger partial charge is 0.392 e. The maximum Gasteiger partial charge on any atom is 0.142 e. The Balaban J connectivity index is 1.92. The molecular weight excluding hydrogens is 295 g/mol. The van der Waals surface area contributed by atoms with E-state index in [1.807, 2.05) is 25.1 Å². The molecule has 4 heteroatoms. The van der Waals surface area contributed by atoms with E-state index in [0.29, 0.717) is 17.7 Å². The monoisotopic (exact) mass is 310 g/mol. The van der Waals surface area contributed by atoms with E-state index in [0.717, 1.165) is 4.90 Å². The lowest BCUT2D eigenvalue weighted by molar-refractivity contribution is 0.200. The van der Waals surface area contributed by atoms with Crippen molar-refractivity contribution in [2.75, 3.05) is 5.75 Å². The van der Waals surface area contributed by atoms with Crippen molar-refractivity contribution >= 4 is 23.4 Å². The first-order chi connectivity index (χ1) is 9.56. The van der Waals surface area contributed by atoms with E-state index in [4.69, 9.17) is 11.6 Å². The lowest BCUT2D eigenvalue weighted by atomic mass is 10.1. The second-order valence-corrected chi connectivity index (χ2v) is 6.17. The first-order valence-corrected chi connectivity index (χ1v) is 7.73. The van der Waals surface area contributed by atoms with Gasteiger partial charge >= 0.3 is 0 Å². The molecule has 0 bridgehead atoms. The van der Waals surface area contributed by atoms with Gasteiger partial charge in [0.25, 0.3) is 0 Å². The molecule has 0 saturated carbocycles. The fraction of sp³-hybridized carbons (Fsp3) is 0.250. The summed E-state index contributed by atoms with van der Waals surface area (Å²) in [6, 6.07) is 12.8. The van der Waals surface area contributed by atoms with Gasteiger partial charge in [0.1, 0.15) is 5.82 Å². The van der Waals surface area contributed by atoms with Crippen LogP contribution in [0.3, 0.4) is 0 Å². The van der Waals surface area contributed by atoms with Gasteiger partial charge in [-0.15, -0.1) is 11.8 Å². The molecule has 0 fully saturated rings. The molecule has 1 unspecified atom stereocenters. The summed E-state index contributed by atoms with van der Waals surface area (Å²) >= 11 is 7.47. The van der Waals surface area contributed by atoms with Gasteiger partial charge in [0.05, 0.1) is 11.1 Å². The minimum atomic E-state index is -0.556. The van der Waals surface area contributed by atoms with E-state index in [1.54, 1.807) is 23.9 Å². The van der Waals surface area contributed by atoms with Crippen LogP contribution in [0.1, 0.15) is 11.1 Å². The molecule has 0 aliphatic rings. The SMILES string of the molecule is Cc1cccc(SCC(O)Cc2cccc(F)c2Cl)c1. The first-order valence-electron chi connectivity index (χ1n) is 6.36. The molecule has 20 heavy (non-hydrogen) atoms. The number of thioether (sulfide) groups is 1. The average molecular weight is 311 g/mol. The maximum absolute atomic E-state index is 13.3. The molecule has 0 saturated heterocycles. The molecule has 1 N–H and O–H groups in total. The average Bonchev–Trinajstić information content (AvgIpc) is 2.42. The zero-order valence-electron chi connectivity index (χ0n) is 11.1. The second-order valence-electron chi connectivity index (χ2n) is 4.70. The van der Waals surface area contributed by atoms with E-state index in [2.05, 4.69) is 6.07 Å². The molecule has 106 valence electrons. The molecule has 0 aliphatic heterocycles. The van der Waals surface area contributed by atoms with Crippen LogP contribution in [0.25, 0.3) is 0 Å². The number of aliphatic hydroxyl groups is 1. The van der Waals surface area contributed by atoms with Crippen molar-refractivity contribution in [3.63, 3.8) is 0 Å². The number of aliphatic hydroxyl groups excluding tert-OH is 1. The van der Waals surface area contributed by atoms with E-state index in [9.17, 15) is 9.50 Å². The molecule has 2 rings (SSSR count). The van der Waals surface area contributed by atoms with E-state index >= 15 is 0 Å². The Morgan fingerprint density at radius 2 is 2.00 bits per heavy atom. The molecule has 0 aromatic heterocycles. The molecule has 0 spiro atoms. The Kier molecular flexibility index (Phi) is 5.46. The van der Waals surface area contributed by atoms with Gasteiger partial charge in [-0.1, -0.05) is 41.4 Å². The second kappa shape index (κ2) is 7.11. The summed E-state index contributed by atoms with van der Waals surface area (Å²) in [6.45, 7) is 2.03. The van der Waals surface area contributed by atoms with Crippen LogP contribution in [0.15, 0.2) is 47.4 Å². The summed E-state index contributed by atoms with van der Waals surface area (Å²) in [4.78, 5) is 1.12. The highest BCUT2D eigenvalue weighted by Crippen LogP contribution is 2.24. The summed E-state index contributed by atoms with van der Waals surface area (Å²) in [6.07, 6.45) is -0.199. The van der Waals surface area contributed by atoms with Crippen LogP contribution in [0, 0.1) is 12.7 Å². The Bertz CT molecular complexity index is 588. The minimum Gasteiger partial charge on any atom is -0.392 e. The van der Waals surface area contributed by atoms with Gasteiger partial charge in [-0.05, 0) is 30.7 Å². The van der Waals surface area contributed by atoms with Crippen molar-refractivity contribution in [3.05, 3.63) is 64.4 Å². The number of hydrogen-bond donors (Lipinski definition) is 1. The molecule has 0 radical (unpaired) electrons. The highest BCUT2D eigenvalue weighted by atomic mass is 35.5. The molecule has 0 heterocycles. The Morgan fingerprint density at radius 1 is 1.25 bits per heavy atom. The molecule has 2 aromatic carbocycles. The lowest BCUT2D eigenvalue weighted by Gasteiger charge is -2.12. The molecular formula is C16H16ClFOS. The Morgan fingerprint density at radius 3 is 2.75 bits per heavy atom. The van der Waals surface area contributed by atoms with Gasteiger partial charge in [-0.25, -0.2) is 4.39 Å². The quantitative estimate of drug-likeness (QED) is 0.822. The van der Waals surface area contributed by atoms with E-state index in [-0.39, 0.29) is 5.02 Å². The van der Waals surface area contributed by atoms with Crippen molar-refractivity contribution in [3.8, 4) is 0 Å². The van der Waals surface area contributed by atoms with Crippen LogP contribution in [0.5, 0.6) is 0 Å². The number of hydrogen-bond acceptors (Lipinski definition) is 2. The van der Waals surface area contributed by atoms with Gasteiger partial charge in [0.2, 0.25) is 0 Å². The number of aryl methyl sites for hydroxylation is 1. The van der Waals surface area contributed by atoms with E-state index in [1.165, 1.54) is 11.6 Å². The Labute approximate surface area is 127 Å². The lowest BCUT2D eigenvalue weighted by Crippen LogP contribution is -2.14. The molecule has 0 amide bonds. The van der Waals surface area contributed by atoms with Crippen LogP contribution in [0.2, 0.25) is 5.02 Å². The predicted octanol–water partition coefficient (Wildman–Crippen LogP) is 4.48. The highest BCUT2D eigenvalue weighted by molar-refractivity contribution is 7.99. The van der Waals surface area contributed by atoms with Gasteiger partial charge in [-0.2, -0.15) is 0 Å². The third-order valence-electron chi connectivity index (χ3n) is 2.92. The van der Waals surface area contributed by atoms with Crippen LogP contribution >= 0.6 is 23.4 Å². The minimum absolute atomic E-state index is 0.104. The summed E-state index contributed by atoms with van der Waals surface area (Å²) in [7, 11) is 0. The molecule has 1 atom stereocenters. The first kappa shape index (κ1) is 15.4. The van der Waals surface area contributed by atoms with Gasteiger partial charge in [0, 0.05) is 17.1 Å². The third kappa shape index (κ3) is 4.23.